The summed E-state index contributed by atoms with van der Waals surface area (Å²) in [4.78, 5) is 8.96. The average Bonchev–Trinajstić information content (AvgIpc) is 2.99. The van der Waals surface area contributed by atoms with Crippen LogP contribution in [0.1, 0.15) is 0 Å². The number of benzene rings is 2. The minimum atomic E-state index is -0.425. The van der Waals surface area contributed by atoms with Crippen molar-refractivity contribution in [2.24, 2.45) is 0 Å². The number of hydrogen-bond donors (Lipinski definition) is 1. The van der Waals surface area contributed by atoms with Crippen molar-refractivity contribution >= 4 is 21.9 Å². The molecule has 6 heteroatoms. The fourth-order valence-corrected chi connectivity index (χ4v) is 2.42. The van der Waals surface area contributed by atoms with Crippen LogP contribution < -0.4 is 4.74 Å². The van der Waals surface area contributed by atoms with Gasteiger partial charge in [-0.05, 0) is 30.3 Å². The number of methoxy groups -OCH3 is 1. The lowest BCUT2D eigenvalue weighted by molar-refractivity contribution is 0.386. The fourth-order valence-electron chi connectivity index (χ4n) is 2.42. The zero-order chi connectivity index (χ0) is 15.1. The van der Waals surface area contributed by atoms with Crippen LogP contribution in [-0.4, -0.2) is 27.3 Å². The van der Waals surface area contributed by atoms with Crippen LogP contribution in [-0.2, 0) is 0 Å². The molecule has 108 valence electrons. The molecule has 5 nitrogen and oxygen atoms in total. The Hall–Kier alpha value is -3.02. The number of halogens is 1. The number of aromatic amines is 1. The second kappa shape index (κ2) is 4.77. The maximum atomic E-state index is 13.8. The van der Waals surface area contributed by atoms with Crippen LogP contribution >= 0.6 is 0 Å². The van der Waals surface area contributed by atoms with Gasteiger partial charge in [0.25, 0.3) is 0 Å². The minimum Gasteiger partial charge on any atom is -0.494 e. The summed E-state index contributed by atoms with van der Waals surface area (Å²) >= 11 is 0. The molecule has 4 aromatic rings. The van der Waals surface area contributed by atoms with E-state index in [0.717, 1.165) is 21.9 Å². The Labute approximate surface area is 124 Å². The van der Waals surface area contributed by atoms with Crippen LogP contribution in [0.15, 0.2) is 42.7 Å². The van der Waals surface area contributed by atoms with Crippen molar-refractivity contribution in [1.29, 1.82) is 0 Å². The van der Waals surface area contributed by atoms with Crippen molar-refractivity contribution in [3.63, 3.8) is 0 Å². The normalized spacial score (nSPS) is 11.2. The van der Waals surface area contributed by atoms with Gasteiger partial charge in [-0.15, -0.1) is 0 Å². The van der Waals surface area contributed by atoms with Crippen molar-refractivity contribution in [3.8, 4) is 17.0 Å². The van der Waals surface area contributed by atoms with Crippen LogP contribution in [0.5, 0.6) is 5.75 Å². The van der Waals surface area contributed by atoms with E-state index in [1.165, 1.54) is 13.2 Å². The number of nitrogens with one attached hydrogen (secondary N) is 1. The van der Waals surface area contributed by atoms with E-state index in [2.05, 4.69) is 20.2 Å². The first-order chi connectivity index (χ1) is 10.7. The monoisotopic (exact) mass is 294 g/mol. The highest BCUT2D eigenvalue weighted by molar-refractivity contribution is 5.92. The molecule has 0 atom stereocenters. The Morgan fingerprint density at radius 2 is 2.00 bits per heavy atom. The maximum Gasteiger partial charge on any atom is 0.165 e. The average molecular weight is 294 g/mol. The van der Waals surface area contributed by atoms with Crippen molar-refractivity contribution in [3.05, 3.63) is 48.5 Å². The van der Waals surface area contributed by atoms with E-state index in [1.54, 1.807) is 24.5 Å². The number of fused-ring (bicyclic) bond motifs is 2. The Balaban J connectivity index is 1.87. The summed E-state index contributed by atoms with van der Waals surface area (Å²) in [5.41, 5.74) is 3.64. The van der Waals surface area contributed by atoms with Gasteiger partial charge in [0.15, 0.2) is 11.6 Å². The van der Waals surface area contributed by atoms with Crippen LogP contribution in [0.2, 0.25) is 0 Å². The standard InChI is InChI=1S/C16H11FN4O/c1-22-16-3-2-9(4-11(16)17)15-8-18-13-5-10-7-19-21-12(10)6-14(13)20-15/h2-8H,1H3,(H,19,21). The van der Waals surface area contributed by atoms with Gasteiger partial charge in [-0.2, -0.15) is 5.10 Å². The molecule has 0 aliphatic heterocycles. The SMILES string of the molecule is COc1ccc(-c2cnc3cc4cn[nH]c4cc3n2)cc1F. The number of hydrogen-bond acceptors (Lipinski definition) is 4. The van der Waals surface area contributed by atoms with E-state index in [1.807, 2.05) is 12.1 Å². The third kappa shape index (κ3) is 1.96. The molecule has 0 aliphatic rings. The summed E-state index contributed by atoms with van der Waals surface area (Å²) in [6, 6.07) is 8.53. The topological polar surface area (TPSA) is 63.7 Å². The molecule has 4 rings (SSSR count). The first-order valence-corrected chi connectivity index (χ1v) is 6.68. The van der Waals surface area contributed by atoms with Crippen molar-refractivity contribution in [1.82, 2.24) is 20.2 Å². The zero-order valence-electron chi connectivity index (χ0n) is 11.7. The van der Waals surface area contributed by atoms with Gasteiger partial charge in [-0.25, -0.2) is 9.37 Å². The predicted molar refractivity (Wildman–Crippen MR) is 81.1 cm³/mol. The van der Waals surface area contributed by atoms with Gasteiger partial charge < -0.3 is 4.74 Å². The molecule has 0 fully saturated rings. The van der Waals surface area contributed by atoms with Crippen LogP contribution in [0.4, 0.5) is 4.39 Å². The lowest BCUT2D eigenvalue weighted by Crippen LogP contribution is -1.92. The quantitative estimate of drug-likeness (QED) is 0.616. The van der Waals surface area contributed by atoms with Crippen LogP contribution in [0.25, 0.3) is 33.2 Å². The van der Waals surface area contributed by atoms with Gasteiger partial charge in [0.05, 0.1) is 41.7 Å². The first kappa shape index (κ1) is 12.7. The van der Waals surface area contributed by atoms with E-state index in [0.29, 0.717) is 11.3 Å². The predicted octanol–water partition coefficient (Wildman–Crippen LogP) is 3.32. The smallest absolute Gasteiger partial charge is 0.165 e. The van der Waals surface area contributed by atoms with Crippen LogP contribution in [0.3, 0.4) is 0 Å². The number of H-pyrrole nitrogens is 1. The van der Waals surface area contributed by atoms with Crippen molar-refractivity contribution < 1.29 is 9.13 Å². The van der Waals surface area contributed by atoms with Crippen molar-refractivity contribution in [2.75, 3.05) is 7.11 Å². The summed E-state index contributed by atoms with van der Waals surface area (Å²) in [5.74, 6) is -0.220. The Kier molecular flexibility index (Phi) is 2.75. The molecule has 2 aromatic heterocycles. The summed E-state index contributed by atoms with van der Waals surface area (Å²) in [7, 11) is 1.43. The minimum absolute atomic E-state index is 0.205. The molecule has 0 saturated heterocycles. The largest absolute Gasteiger partial charge is 0.494 e. The molecule has 0 amide bonds. The lowest BCUT2D eigenvalue weighted by Gasteiger charge is -2.06. The maximum absolute atomic E-state index is 13.8. The molecule has 0 unspecified atom stereocenters. The summed E-state index contributed by atoms with van der Waals surface area (Å²) in [5, 5.41) is 7.87. The molecular formula is C16H11FN4O. The highest BCUT2D eigenvalue weighted by atomic mass is 19.1. The van der Waals surface area contributed by atoms with Gasteiger partial charge in [-0.1, -0.05) is 0 Å². The first-order valence-electron chi connectivity index (χ1n) is 6.68. The zero-order valence-corrected chi connectivity index (χ0v) is 11.7. The molecule has 0 bridgehead atoms. The summed E-state index contributed by atoms with van der Waals surface area (Å²) < 4.78 is 18.8. The third-order valence-electron chi connectivity index (χ3n) is 3.55. The molecule has 0 aliphatic carbocycles. The van der Waals surface area contributed by atoms with E-state index < -0.39 is 5.82 Å². The molecule has 2 aromatic carbocycles. The van der Waals surface area contributed by atoms with Crippen molar-refractivity contribution in [2.45, 2.75) is 0 Å². The molecule has 0 saturated carbocycles. The Bertz CT molecular complexity index is 996. The number of rotatable bonds is 2. The Morgan fingerprint density at radius 1 is 1.09 bits per heavy atom. The number of ether oxygens (including phenoxy) is 1. The summed E-state index contributed by atoms with van der Waals surface area (Å²) in [6.45, 7) is 0. The number of nitrogens with zero attached hydrogens (tertiary/aromatic N) is 3. The van der Waals surface area contributed by atoms with Crippen LogP contribution in [0, 0.1) is 5.82 Å². The molecular weight excluding hydrogens is 283 g/mol. The van der Waals surface area contributed by atoms with E-state index in [4.69, 9.17) is 4.74 Å². The van der Waals surface area contributed by atoms with E-state index in [9.17, 15) is 4.39 Å². The van der Waals surface area contributed by atoms with Gasteiger partial charge in [0.1, 0.15) is 0 Å². The third-order valence-corrected chi connectivity index (χ3v) is 3.55. The second-order valence-electron chi connectivity index (χ2n) is 4.90. The van der Waals surface area contributed by atoms with Gasteiger partial charge >= 0.3 is 0 Å². The molecule has 22 heavy (non-hydrogen) atoms. The van der Waals surface area contributed by atoms with Gasteiger partial charge in [0, 0.05) is 10.9 Å². The van der Waals surface area contributed by atoms with Gasteiger partial charge in [-0.3, -0.25) is 10.1 Å². The molecule has 1 N–H and O–H groups in total. The second-order valence-corrected chi connectivity index (χ2v) is 4.90. The highest BCUT2D eigenvalue weighted by Crippen LogP contribution is 2.26. The molecule has 0 spiro atoms. The van der Waals surface area contributed by atoms with E-state index in [-0.39, 0.29) is 5.75 Å². The Morgan fingerprint density at radius 3 is 2.82 bits per heavy atom. The highest BCUT2D eigenvalue weighted by Gasteiger charge is 2.08. The van der Waals surface area contributed by atoms with Gasteiger partial charge in [0.2, 0.25) is 0 Å². The molecule has 0 radical (unpaired) electrons. The number of aromatic nitrogens is 4. The van der Waals surface area contributed by atoms with E-state index >= 15 is 0 Å². The molecule has 2 heterocycles. The lowest BCUT2D eigenvalue weighted by atomic mass is 10.1. The fraction of sp³-hybridized carbons (Fsp3) is 0.0625. The summed E-state index contributed by atoms with van der Waals surface area (Å²) in [6.07, 6.45) is 3.37.